The van der Waals surface area contributed by atoms with E-state index in [1.165, 1.54) is 17.4 Å². The number of carbonyl (C=O) groups excluding carboxylic acids is 1. The summed E-state index contributed by atoms with van der Waals surface area (Å²) in [5.74, 6) is -0.459. The molecule has 2 nitrogen and oxygen atoms in total. The molecule has 1 heterocycles. The maximum Gasteiger partial charge on any atom is 0.261 e. The van der Waals surface area contributed by atoms with E-state index in [-0.39, 0.29) is 11.7 Å². The number of hydrogen-bond donors (Lipinski definition) is 1. The molecule has 0 bridgehead atoms. The fraction of sp³-hybridized carbons (Fsp3) is 0.100. The molecule has 14 heavy (non-hydrogen) atoms. The van der Waals surface area contributed by atoms with Gasteiger partial charge in [-0.15, -0.1) is 11.3 Å². The highest BCUT2D eigenvalue weighted by Crippen LogP contribution is 2.27. The molecule has 4 heteroatoms. The van der Waals surface area contributed by atoms with Crippen molar-refractivity contribution >= 4 is 27.3 Å². The minimum Gasteiger partial charge on any atom is -0.354 e. The van der Waals surface area contributed by atoms with Crippen molar-refractivity contribution in [2.24, 2.45) is 0 Å². The smallest absolute Gasteiger partial charge is 0.261 e. The van der Waals surface area contributed by atoms with Gasteiger partial charge in [0.15, 0.2) is 0 Å². The van der Waals surface area contributed by atoms with E-state index in [0.717, 1.165) is 4.70 Å². The van der Waals surface area contributed by atoms with Gasteiger partial charge in [-0.25, -0.2) is 4.39 Å². The van der Waals surface area contributed by atoms with Crippen LogP contribution in [0.5, 0.6) is 0 Å². The summed E-state index contributed by atoms with van der Waals surface area (Å²) in [5, 5.41) is 3.02. The van der Waals surface area contributed by atoms with Crippen LogP contribution < -0.4 is 5.32 Å². The Morgan fingerprint density at radius 3 is 2.93 bits per heavy atom. The number of nitrogens with one attached hydrogen (secondary N) is 1. The monoisotopic (exact) mass is 209 g/mol. The maximum absolute atomic E-state index is 13.2. The van der Waals surface area contributed by atoms with Crippen molar-refractivity contribution in [1.82, 2.24) is 5.32 Å². The van der Waals surface area contributed by atoms with Crippen molar-refractivity contribution in [3.05, 3.63) is 35.0 Å². The first-order chi connectivity index (χ1) is 6.72. The van der Waals surface area contributed by atoms with Crippen LogP contribution in [-0.4, -0.2) is 13.0 Å². The van der Waals surface area contributed by atoms with Gasteiger partial charge in [0.2, 0.25) is 0 Å². The number of rotatable bonds is 1. The molecular formula is C10H8FNOS. The first-order valence-electron chi connectivity index (χ1n) is 4.12. The largest absolute Gasteiger partial charge is 0.354 e. The molecule has 1 amide bonds. The quantitative estimate of drug-likeness (QED) is 0.767. The lowest BCUT2D eigenvalue weighted by Crippen LogP contribution is -2.15. The highest BCUT2D eigenvalue weighted by atomic mass is 32.1. The van der Waals surface area contributed by atoms with Crippen LogP contribution >= 0.6 is 11.3 Å². The lowest BCUT2D eigenvalue weighted by Gasteiger charge is -1.90. The summed E-state index contributed by atoms with van der Waals surface area (Å²) in [6, 6.07) is 6.41. The molecule has 72 valence electrons. The zero-order chi connectivity index (χ0) is 10.1. The lowest BCUT2D eigenvalue weighted by molar-refractivity contribution is 0.0967. The highest BCUT2D eigenvalue weighted by molar-refractivity contribution is 7.20. The van der Waals surface area contributed by atoms with Gasteiger partial charge in [-0.3, -0.25) is 4.79 Å². The number of halogens is 1. The Bertz CT molecular complexity index is 492. The van der Waals surface area contributed by atoms with Crippen LogP contribution in [0.1, 0.15) is 9.67 Å². The molecule has 0 radical (unpaired) electrons. The molecule has 0 unspecified atom stereocenters. The summed E-state index contributed by atoms with van der Waals surface area (Å²) in [6.07, 6.45) is 0. The topological polar surface area (TPSA) is 29.1 Å². The van der Waals surface area contributed by atoms with Crippen molar-refractivity contribution in [1.29, 1.82) is 0 Å². The molecule has 0 saturated heterocycles. The van der Waals surface area contributed by atoms with Gasteiger partial charge in [0.25, 0.3) is 5.91 Å². The van der Waals surface area contributed by atoms with Crippen LogP contribution in [0.25, 0.3) is 10.1 Å². The first kappa shape index (κ1) is 9.15. The highest BCUT2D eigenvalue weighted by Gasteiger charge is 2.10. The van der Waals surface area contributed by atoms with Gasteiger partial charge in [0.1, 0.15) is 5.82 Å². The fourth-order valence-electron chi connectivity index (χ4n) is 1.26. The Morgan fingerprint density at radius 2 is 2.29 bits per heavy atom. The summed E-state index contributed by atoms with van der Waals surface area (Å²) < 4.78 is 14.0. The Balaban J connectivity index is 2.62. The third kappa shape index (κ3) is 1.37. The van der Waals surface area contributed by atoms with E-state index in [4.69, 9.17) is 0 Å². The molecule has 1 aromatic carbocycles. The average molecular weight is 209 g/mol. The van der Waals surface area contributed by atoms with E-state index in [9.17, 15) is 9.18 Å². The predicted octanol–water partition coefficient (Wildman–Crippen LogP) is 2.40. The molecule has 0 aliphatic rings. The molecule has 1 N–H and O–H groups in total. The summed E-state index contributed by atoms with van der Waals surface area (Å²) in [4.78, 5) is 11.8. The van der Waals surface area contributed by atoms with Crippen LogP contribution in [0, 0.1) is 5.82 Å². The zero-order valence-corrected chi connectivity index (χ0v) is 8.32. The van der Waals surface area contributed by atoms with E-state index in [1.54, 1.807) is 25.2 Å². The second-order valence-corrected chi connectivity index (χ2v) is 3.93. The first-order valence-corrected chi connectivity index (χ1v) is 4.94. The van der Waals surface area contributed by atoms with E-state index >= 15 is 0 Å². The van der Waals surface area contributed by atoms with E-state index in [1.807, 2.05) is 0 Å². The van der Waals surface area contributed by atoms with Gasteiger partial charge in [-0.1, -0.05) is 6.07 Å². The Kier molecular flexibility index (Phi) is 2.21. The van der Waals surface area contributed by atoms with Gasteiger partial charge in [-0.2, -0.15) is 0 Å². The zero-order valence-electron chi connectivity index (χ0n) is 7.50. The van der Waals surface area contributed by atoms with Crippen LogP contribution in [-0.2, 0) is 0 Å². The van der Waals surface area contributed by atoms with Crippen LogP contribution in [0.2, 0.25) is 0 Å². The van der Waals surface area contributed by atoms with E-state index in [2.05, 4.69) is 5.32 Å². The van der Waals surface area contributed by atoms with Gasteiger partial charge >= 0.3 is 0 Å². The van der Waals surface area contributed by atoms with Gasteiger partial charge in [0, 0.05) is 17.1 Å². The normalized spacial score (nSPS) is 10.4. The Hall–Kier alpha value is -1.42. The molecule has 0 saturated carbocycles. The van der Waals surface area contributed by atoms with Crippen LogP contribution in [0.3, 0.4) is 0 Å². The second-order valence-electron chi connectivity index (χ2n) is 2.84. The maximum atomic E-state index is 13.2. The van der Waals surface area contributed by atoms with Crippen molar-refractivity contribution in [2.75, 3.05) is 7.05 Å². The van der Waals surface area contributed by atoms with Crippen molar-refractivity contribution < 1.29 is 9.18 Å². The SMILES string of the molecule is CNC(=O)c1cc2c(F)cccc2s1. The van der Waals surface area contributed by atoms with Gasteiger partial charge in [0.05, 0.1) is 4.88 Å². The van der Waals surface area contributed by atoms with Crippen molar-refractivity contribution in [3.63, 3.8) is 0 Å². The molecule has 0 atom stereocenters. The van der Waals surface area contributed by atoms with Gasteiger partial charge in [-0.05, 0) is 18.2 Å². The van der Waals surface area contributed by atoms with E-state index in [0.29, 0.717) is 10.3 Å². The average Bonchev–Trinajstić information content (AvgIpc) is 2.62. The van der Waals surface area contributed by atoms with Gasteiger partial charge < -0.3 is 5.32 Å². The molecule has 0 aliphatic carbocycles. The molecule has 0 fully saturated rings. The number of thiophene rings is 1. The number of hydrogen-bond acceptors (Lipinski definition) is 2. The molecule has 2 aromatic rings. The summed E-state index contributed by atoms with van der Waals surface area (Å²) in [6.45, 7) is 0. The fourth-order valence-corrected chi connectivity index (χ4v) is 2.28. The third-order valence-corrected chi connectivity index (χ3v) is 3.06. The Labute approximate surface area is 84.4 Å². The third-order valence-electron chi connectivity index (χ3n) is 1.96. The lowest BCUT2D eigenvalue weighted by atomic mass is 10.2. The second kappa shape index (κ2) is 3.38. The number of benzene rings is 1. The molecule has 1 aromatic heterocycles. The van der Waals surface area contributed by atoms with E-state index < -0.39 is 0 Å². The summed E-state index contributed by atoms with van der Waals surface area (Å²) >= 11 is 1.29. The molecular weight excluding hydrogens is 201 g/mol. The number of fused-ring (bicyclic) bond motifs is 1. The standard InChI is InChI=1S/C10H8FNOS/c1-12-10(13)9-5-6-7(11)3-2-4-8(6)14-9/h2-5H,1H3,(H,12,13). The van der Waals surface area contributed by atoms with Crippen molar-refractivity contribution in [2.45, 2.75) is 0 Å². The minimum absolute atomic E-state index is 0.175. The predicted molar refractivity (Wildman–Crippen MR) is 55.2 cm³/mol. The summed E-state index contributed by atoms with van der Waals surface area (Å²) in [5.41, 5.74) is 0. The van der Waals surface area contributed by atoms with Crippen LogP contribution in [0.4, 0.5) is 4.39 Å². The molecule has 0 spiro atoms. The molecule has 0 aliphatic heterocycles. The van der Waals surface area contributed by atoms with Crippen molar-refractivity contribution in [3.8, 4) is 0 Å². The number of amides is 1. The summed E-state index contributed by atoms with van der Waals surface area (Å²) in [7, 11) is 1.56. The van der Waals surface area contributed by atoms with Crippen LogP contribution in [0.15, 0.2) is 24.3 Å². The number of carbonyl (C=O) groups is 1. The molecule has 2 rings (SSSR count). The Morgan fingerprint density at radius 1 is 1.50 bits per heavy atom. The minimum atomic E-state index is -0.283.